The SMILES string of the molecule is COc1ncccc1C(O)C(O)CCBr. The maximum atomic E-state index is 9.84. The van der Waals surface area contributed by atoms with Gasteiger partial charge in [0.25, 0.3) is 0 Å². The van der Waals surface area contributed by atoms with Crippen molar-refractivity contribution in [2.45, 2.75) is 18.6 Å². The number of methoxy groups -OCH3 is 1. The molecule has 15 heavy (non-hydrogen) atoms. The third-order valence-corrected chi connectivity index (χ3v) is 2.54. The van der Waals surface area contributed by atoms with Crippen LogP contribution in [-0.2, 0) is 0 Å². The van der Waals surface area contributed by atoms with Gasteiger partial charge in [-0.15, -0.1) is 0 Å². The highest BCUT2D eigenvalue weighted by atomic mass is 79.9. The fraction of sp³-hybridized carbons (Fsp3) is 0.500. The molecule has 0 aliphatic heterocycles. The van der Waals surface area contributed by atoms with Gasteiger partial charge in [-0.25, -0.2) is 4.98 Å². The maximum Gasteiger partial charge on any atom is 0.218 e. The van der Waals surface area contributed by atoms with Gasteiger partial charge >= 0.3 is 0 Å². The van der Waals surface area contributed by atoms with E-state index in [1.54, 1.807) is 18.3 Å². The predicted octanol–water partition coefficient (Wildman–Crippen LogP) is 1.27. The Balaban J connectivity index is 2.84. The van der Waals surface area contributed by atoms with Crippen molar-refractivity contribution in [1.82, 2.24) is 4.98 Å². The first kappa shape index (κ1) is 12.4. The first-order chi connectivity index (χ1) is 7.20. The number of hydrogen-bond donors (Lipinski definition) is 2. The van der Waals surface area contributed by atoms with E-state index < -0.39 is 12.2 Å². The van der Waals surface area contributed by atoms with E-state index in [0.717, 1.165) is 0 Å². The fourth-order valence-electron chi connectivity index (χ4n) is 1.28. The third-order valence-electron chi connectivity index (χ3n) is 2.08. The zero-order chi connectivity index (χ0) is 11.3. The van der Waals surface area contributed by atoms with Crippen LogP contribution in [0.3, 0.4) is 0 Å². The highest BCUT2D eigenvalue weighted by molar-refractivity contribution is 9.09. The van der Waals surface area contributed by atoms with Crippen molar-refractivity contribution in [3.05, 3.63) is 23.9 Å². The summed E-state index contributed by atoms with van der Waals surface area (Å²) in [7, 11) is 1.48. The van der Waals surface area contributed by atoms with E-state index >= 15 is 0 Å². The van der Waals surface area contributed by atoms with Gasteiger partial charge in [-0.1, -0.05) is 15.9 Å². The standard InChI is InChI=1S/C10H14BrNO3/c1-15-10-7(3-2-6-12-10)9(14)8(13)4-5-11/h2-3,6,8-9,13-14H,4-5H2,1H3. The normalized spacial score (nSPS) is 14.7. The number of aromatic nitrogens is 1. The first-order valence-corrected chi connectivity index (χ1v) is 5.73. The Hall–Kier alpha value is -0.650. The molecule has 2 N–H and O–H groups in total. The minimum Gasteiger partial charge on any atom is -0.481 e. The van der Waals surface area contributed by atoms with Crippen LogP contribution in [0.4, 0.5) is 0 Å². The lowest BCUT2D eigenvalue weighted by molar-refractivity contribution is 0.0156. The minimum atomic E-state index is -0.966. The number of rotatable bonds is 5. The first-order valence-electron chi connectivity index (χ1n) is 4.61. The van der Waals surface area contributed by atoms with Crippen molar-refractivity contribution in [2.24, 2.45) is 0 Å². The second-order valence-corrected chi connectivity index (χ2v) is 3.88. The second-order valence-electron chi connectivity index (χ2n) is 3.09. The summed E-state index contributed by atoms with van der Waals surface area (Å²) in [6.45, 7) is 0. The molecule has 1 aromatic heterocycles. The Morgan fingerprint density at radius 1 is 1.53 bits per heavy atom. The lowest BCUT2D eigenvalue weighted by Crippen LogP contribution is -2.19. The summed E-state index contributed by atoms with van der Waals surface area (Å²) in [6.07, 6.45) is 0.263. The quantitative estimate of drug-likeness (QED) is 0.795. The molecule has 0 spiro atoms. The number of ether oxygens (including phenoxy) is 1. The van der Waals surface area contributed by atoms with Gasteiger partial charge in [-0.05, 0) is 18.6 Å². The van der Waals surface area contributed by atoms with Crippen molar-refractivity contribution in [2.75, 3.05) is 12.4 Å². The molecule has 1 heterocycles. The Kier molecular flexibility index (Phi) is 5.01. The van der Waals surface area contributed by atoms with Crippen LogP contribution < -0.4 is 4.74 Å². The van der Waals surface area contributed by atoms with Crippen LogP contribution in [0.15, 0.2) is 18.3 Å². The molecule has 1 aromatic rings. The molecule has 0 aliphatic carbocycles. The van der Waals surface area contributed by atoms with Crippen LogP contribution in [0.2, 0.25) is 0 Å². The van der Waals surface area contributed by atoms with Crippen LogP contribution >= 0.6 is 15.9 Å². The van der Waals surface area contributed by atoms with Crippen molar-refractivity contribution >= 4 is 15.9 Å². The van der Waals surface area contributed by atoms with Gasteiger partial charge in [0.2, 0.25) is 5.88 Å². The average molecular weight is 276 g/mol. The van der Waals surface area contributed by atoms with E-state index in [4.69, 9.17) is 4.74 Å². The van der Waals surface area contributed by atoms with Crippen molar-refractivity contribution in [1.29, 1.82) is 0 Å². The van der Waals surface area contributed by atoms with Crippen molar-refractivity contribution < 1.29 is 14.9 Å². The zero-order valence-corrected chi connectivity index (χ0v) is 10.0. The summed E-state index contributed by atoms with van der Waals surface area (Å²) in [5, 5.41) is 20.1. The summed E-state index contributed by atoms with van der Waals surface area (Å²) in [5.41, 5.74) is 0.508. The lowest BCUT2D eigenvalue weighted by Gasteiger charge is -2.18. The van der Waals surface area contributed by atoms with Crippen LogP contribution in [0, 0.1) is 0 Å². The molecule has 0 saturated carbocycles. The molecular weight excluding hydrogens is 262 g/mol. The topological polar surface area (TPSA) is 62.6 Å². The molecule has 2 unspecified atom stereocenters. The maximum absolute atomic E-state index is 9.84. The largest absolute Gasteiger partial charge is 0.481 e. The molecule has 0 amide bonds. The Labute approximate surface area is 97.0 Å². The number of hydrogen-bond acceptors (Lipinski definition) is 4. The van der Waals surface area contributed by atoms with Gasteiger partial charge in [-0.2, -0.15) is 0 Å². The van der Waals surface area contributed by atoms with Gasteiger partial charge in [0.15, 0.2) is 0 Å². The van der Waals surface area contributed by atoms with Gasteiger partial charge in [0, 0.05) is 17.1 Å². The molecular formula is C10H14BrNO3. The smallest absolute Gasteiger partial charge is 0.218 e. The number of aliphatic hydroxyl groups is 2. The highest BCUT2D eigenvalue weighted by Gasteiger charge is 2.21. The zero-order valence-electron chi connectivity index (χ0n) is 8.43. The summed E-state index contributed by atoms with van der Waals surface area (Å²) >= 11 is 3.21. The van der Waals surface area contributed by atoms with E-state index in [1.165, 1.54) is 7.11 Å². The van der Waals surface area contributed by atoms with Crippen LogP contribution in [0.25, 0.3) is 0 Å². The van der Waals surface area contributed by atoms with Gasteiger partial charge in [0.05, 0.1) is 13.2 Å². The molecule has 0 bridgehead atoms. The Bertz CT molecular complexity index is 308. The summed E-state index contributed by atoms with van der Waals surface area (Å²) in [4.78, 5) is 3.96. The fourth-order valence-corrected chi connectivity index (χ4v) is 1.74. The summed E-state index contributed by atoms with van der Waals surface area (Å²) in [6, 6.07) is 3.38. The number of halogens is 1. The average Bonchev–Trinajstić information content (AvgIpc) is 2.28. The van der Waals surface area contributed by atoms with E-state index in [-0.39, 0.29) is 0 Å². The molecule has 0 saturated heterocycles. The van der Waals surface area contributed by atoms with Crippen LogP contribution in [-0.4, -0.2) is 33.7 Å². The molecule has 1 rings (SSSR count). The van der Waals surface area contributed by atoms with Gasteiger partial charge in [0.1, 0.15) is 6.10 Å². The Morgan fingerprint density at radius 2 is 2.27 bits per heavy atom. The number of nitrogens with zero attached hydrogens (tertiary/aromatic N) is 1. The Morgan fingerprint density at radius 3 is 2.87 bits per heavy atom. The van der Waals surface area contributed by atoms with Crippen LogP contribution in [0.1, 0.15) is 18.1 Å². The molecule has 0 aromatic carbocycles. The molecule has 4 nitrogen and oxygen atoms in total. The minimum absolute atomic E-state index is 0.346. The number of aliphatic hydroxyl groups excluding tert-OH is 2. The lowest BCUT2D eigenvalue weighted by atomic mass is 10.0. The molecule has 84 valence electrons. The number of alkyl halides is 1. The van der Waals surface area contributed by atoms with Crippen molar-refractivity contribution in [3.8, 4) is 5.88 Å². The van der Waals surface area contributed by atoms with E-state index in [2.05, 4.69) is 20.9 Å². The van der Waals surface area contributed by atoms with Gasteiger partial charge in [-0.3, -0.25) is 0 Å². The summed E-state index contributed by atoms with van der Waals surface area (Å²) in [5.74, 6) is 0.346. The van der Waals surface area contributed by atoms with E-state index in [0.29, 0.717) is 23.2 Å². The molecule has 2 atom stereocenters. The van der Waals surface area contributed by atoms with E-state index in [1.807, 2.05) is 0 Å². The van der Waals surface area contributed by atoms with E-state index in [9.17, 15) is 10.2 Å². The van der Waals surface area contributed by atoms with Crippen LogP contribution in [0.5, 0.6) is 5.88 Å². The highest BCUT2D eigenvalue weighted by Crippen LogP contribution is 2.26. The molecule has 0 aliphatic rings. The van der Waals surface area contributed by atoms with Crippen molar-refractivity contribution in [3.63, 3.8) is 0 Å². The molecule has 0 radical (unpaired) electrons. The number of pyridine rings is 1. The summed E-state index contributed by atoms with van der Waals surface area (Å²) < 4.78 is 5.00. The molecule has 0 fully saturated rings. The second kappa shape index (κ2) is 6.05. The monoisotopic (exact) mass is 275 g/mol. The van der Waals surface area contributed by atoms with Gasteiger partial charge < -0.3 is 14.9 Å². The third kappa shape index (κ3) is 3.15. The predicted molar refractivity (Wildman–Crippen MR) is 60.2 cm³/mol. The molecule has 5 heteroatoms.